The Hall–Kier alpha value is -2.08. The van der Waals surface area contributed by atoms with Crippen LogP contribution in [0.3, 0.4) is 0 Å². The highest BCUT2D eigenvalue weighted by molar-refractivity contribution is 5.91. The van der Waals surface area contributed by atoms with Gasteiger partial charge in [-0.15, -0.1) is 0 Å². The number of benzene rings is 2. The molecule has 0 fully saturated rings. The molecule has 0 aliphatic heterocycles. The molecule has 2 unspecified atom stereocenters. The van der Waals surface area contributed by atoms with Gasteiger partial charge in [-0.2, -0.15) is 0 Å². The first kappa shape index (κ1) is 14.5. The molecule has 2 aromatic carbocycles. The summed E-state index contributed by atoms with van der Waals surface area (Å²) >= 11 is 0. The summed E-state index contributed by atoms with van der Waals surface area (Å²) in [5.74, 6) is 1.02. The van der Waals surface area contributed by atoms with Gasteiger partial charge in [0.25, 0.3) is 0 Å². The monoisotopic (exact) mass is 300 g/mol. The lowest BCUT2D eigenvalue weighted by Crippen LogP contribution is -2.15. The molecule has 116 valence electrons. The summed E-state index contributed by atoms with van der Waals surface area (Å²) in [4.78, 5) is 0. The molecule has 0 saturated carbocycles. The van der Waals surface area contributed by atoms with Gasteiger partial charge in [0.2, 0.25) is 0 Å². The molecular weight excluding hydrogens is 276 g/mol. The predicted octanol–water partition coefficient (Wildman–Crippen LogP) is 6.41. The van der Waals surface area contributed by atoms with Crippen LogP contribution in [-0.4, -0.2) is 0 Å². The molecular formula is C23H24. The Morgan fingerprint density at radius 2 is 1.04 bits per heavy atom. The molecule has 0 N–H and O–H groups in total. The van der Waals surface area contributed by atoms with Crippen molar-refractivity contribution in [1.29, 1.82) is 0 Å². The van der Waals surface area contributed by atoms with Crippen LogP contribution < -0.4 is 0 Å². The molecule has 0 amide bonds. The van der Waals surface area contributed by atoms with Gasteiger partial charge >= 0.3 is 0 Å². The Morgan fingerprint density at radius 1 is 0.652 bits per heavy atom. The van der Waals surface area contributed by atoms with Gasteiger partial charge in [-0.1, -0.05) is 88.4 Å². The van der Waals surface area contributed by atoms with Crippen molar-refractivity contribution < 1.29 is 0 Å². The zero-order valence-corrected chi connectivity index (χ0v) is 14.4. The highest BCUT2D eigenvalue weighted by atomic mass is 14.4. The van der Waals surface area contributed by atoms with Crippen molar-refractivity contribution in [2.24, 2.45) is 5.41 Å². The summed E-state index contributed by atoms with van der Waals surface area (Å²) in [6.07, 6.45) is 4.94. The van der Waals surface area contributed by atoms with E-state index in [-0.39, 0.29) is 5.41 Å². The van der Waals surface area contributed by atoms with Crippen LogP contribution in [0.4, 0.5) is 0 Å². The van der Waals surface area contributed by atoms with Crippen molar-refractivity contribution in [1.82, 2.24) is 0 Å². The molecule has 0 spiro atoms. The summed E-state index contributed by atoms with van der Waals surface area (Å²) < 4.78 is 0. The molecule has 2 aliphatic carbocycles. The molecule has 0 bridgehead atoms. The largest absolute Gasteiger partial charge is 0.0726 e. The van der Waals surface area contributed by atoms with E-state index in [9.17, 15) is 0 Å². The first-order chi connectivity index (χ1) is 11.0. The molecule has 4 rings (SSSR count). The number of hydrogen-bond acceptors (Lipinski definition) is 0. The average molecular weight is 300 g/mol. The molecule has 0 radical (unpaired) electrons. The highest BCUT2D eigenvalue weighted by Crippen LogP contribution is 2.54. The van der Waals surface area contributed by atoms with Crippen molar-refractivity contribution in [3.05, 3.63) is 82.9 Å². The Balaban J connectivity index is 1.85. The molecule has 0 aromatic heterocycles. The second kappa shape index (κ2) is 4.96. The summed E-state index contributed by atoms with van der Waals surface area (Å²) in [5.41, 5.74) is 8.80. The lowest BCUT2D eigenvalue weighted by Gasteiger charge is -2.30. The van der Waals surface area contributed by atoms with Crippen LogP contribution in [0, 0.1) is 5.41 Å². The molecule has 2 atom stereocenters. The van der Waals surface area contributed by atoms with Crippen LogP contribution in [0.5, 0.6) is 0 Å². The van der Waals surface area contributed by atoms with Gasteiger partial charge in [0.1, 0.15) is 0 Å². The zero-order valence-electron chi connectivity index (χ0n) is 14.4. The Morgan fingerprint density at radius 3 is 1.48 bits per heavy atom. The van der Waals surface area contributed by atoms with Gasteiger partial charge in [0.15, 0.2) is 0 Å². The fourth-order valence-electron chi connectivity index (χ4n) is 4.37. The first-order valence-corrected chi connectivity index (χ1v) is 8.63. The molecule has 2 aliphatic rings. The Kier molecular flexibility index (Phi) is 3.13. The van der Waals surface area contributed by atoms with E-state index in [0.717, 1.165) is 0 Å². The zero-order chi connectivity index (χ0) is 16.2. The molecule has 23 heavy (non-hydrogen) atoms. The van der Waals surface area contributed by atoms with Gasteiger partial charge in [-0.05, 0) is 33.4 Å². The molecule has 0 nitrogen and oxygen atoms in total. The van der Waals surface area contributed by atoms with Crippen molar-refractivity contribution in [2.75, 3.05) is 0 Å². The molecule has 0 saturated heterocycles. The van der Waals surface area contributed by atoms with E-state index >= 15 is 0 Å². The standard InChI is InChI=1S/C23H24/c1-15-13-21(19-11-7-5-9-17(15)19)23(3,4)22-14-16(2)18-10-6-8-12-20(18)22/h5-16H,1-4H3. The fraction of sp³-hybridized carbons (Fsp3) is 0.304. The van der Waals surface area contributed by atoms with Crippen LogP contribution in [0.2, 0.25) is 0 Å². The summed E-state index contributed by atoms with van der Waals surface area (Å²) in [7, 11) is 0. The minimum Gasteiger partial charge on any atom is -0.0726 e. The predicted molar refractivity (Wildman–Crippen MR) is 99.4 cm³/mol. The average Bonchev–Trinajstić information content (AvgIpc) is 3.08. The third-order valence-corrected chi connectivity index (χ3v) is 5.66. The van der Waals surface area contributed by atoms with Gasteiger partial charge in [0.05, 0.1) is 0 Å². The van der Waals surface area contributed by atoms with E-state index in [0.29, 0.717) is 11.8 Å². The topological polar surface area (TPSA) is 0 Å². The summed E-state index contributed by atoms with van der Waals surface area (Å²) in [6, 6.07) is 17.8. The van der Waals surface area contributed by atoms with Crippen molar-refractivity contribution in [3.63, 3.8) is 0 Å². The third kappa shape index (κ3) is 2.05. The smallest absolute Gasteiger partial charge is 0.0152 e. The quantitative estimate of drug-likeness (QED) is 0.601. The Labute approximate surface area is 139 Å². The minimum atomic E-state index is 0.0295. The third-order valence-electron chi connectivity index (χ3n) is 5.66. The lowest BCUT2D eigenvalue weighted by atomic mass is 9.73. The van der Waals surface area contributed by atoms with Gasteiger partial charge < -0.3 is 0 Å². The van der Waals surface area contributed by atoms with Crippen LogP contribution in [0.1, 0.15) is 61.8 Å². The lowest BCUT2D eigenvalue weighted by molar-refractivity contribution is 0.674. The van der Waals surface area contributed by atoms with Crippen molar-refractivity contribution >= 4 is 11.1 Å². The minimum absolute atomic E-state index is 0.0295. The molecule has 0 heterocycles. The molecule has 0 heteroatoms. The van der Waals surface area contributed by atoms with E-state index < -0.39 is 0 Å². The van der Waals surface area contributed by atoms with Crippen molar-refractivity contribution in [3.8, 4) is 0 Å². The highest BCUT2D eigenvalue weighted by Gasteiger charge is 2.37. The number of fused-ring (bicyclic) bond motifs is 2. The number of allylic oxidation sites excluding steroid dienone is 4. The van der Waals surface area contributed by atoms with Crippen LogP contribution in [0.15, 0.2) is 60.7 Å². The molecule has 2 aromatic rings. The maximum atomic E-state index is 2.47. The first-order valence-electron chi connectivity index (χ1n) is 8.63. The van der Waals surface area contributed by atoms with Crippen LogP contribution in [-0.2, 0) is 0 Å². The normalized spacial score (nSPS) is 22.4. The fourth-order valence-corrected chi connectivity index (χ4v) is 4.37. The summed E-state index contributed by atoms with van der Waals surface area (Å²) in [6.45, 7) is 9.38. The number of rotatable bonds is 2. The van der Waals surface area contributed by atoms with Gasteiger partial charge in [-0.25, -0.2) is 0 Å². The van der Waals surface area contributed by atoms with Crippen LogP contribution >= 0.6 is 0 Å². The van der Waals surface area contributed by atoms with Gasteiger partial charge in [0, 0.05) is 17.3 Å². The summed E-state index contributed by atoms with van der Waals surface area (Å²) in [5, 5.41) is 0. The maximum absolute atomic E-state index is 2.47. The van der Waals surface area contributed by atoms with Crippen LogP contribution in [0.25, 0.3) is 11.1 Å². The van der Waals surface area contributed by atoms with E-state index in [4.69, 9.17) is 0 Å². The second-order valence-electron chi connectivity index (χ2n) is 7.54. The van der Waals surface area contributed by atoms with E-state index in [1.807, 2.05) is 0 Å². The van der Waals surface area contributed by atoms with E-state index in [1.165, 1.54) is 33.4 Å². The Bertz CT molecular complexity index is 763. The maximum Gasteiger partial charge on any atom is 0.0152 e. The van der Waals surface area contributed by atoms with E-state index in [1.54, 1.807) is 0 Å². The second-order valence-corrected chi connectivity index (χ2v) is 7.54. The SMILES string of the molecule is CC1C=C(C(C)(C)C2=CC(C)c3ccccc32)c2ccccc21. The van der Waals surface area contributed by atoms with Gasteiger partial charge in [-0.3, -0.25) is 0 Å². The number of hydrogen-bond donors (Lipinski definition) is 0. The van der Waals surface area contributed by atoms with E-state index in [2.05, 4.69) is 88.4 Å². The van der Waals surface area contributed by atoms with Crippen molar-refractivity contribution in [2.45, 2.75) is 39.5 Å².